The Morgan fingerprint density at radius 3 is 2.70 bits per heavy atom. The van der Waals surface area contributed by atoms with Crippen LogP contribution in [0.4, 0.5) is 5.69 Å². The molecule has 108 valence electrons. The zero-order valence-corrected chi connectivity index (χ0v) is 11.1. The Morgan fingerprint density at radius 2 is 2.05 bits per heavy atom. The Balaban J connectivity index is 2.51. The number of carbonyl (C=O) groups excluding carboxylic acids is 2. The number of nitrogens with one attached hydrogen (secondary N) is 1. The quantitative estimate of drug-likeness (QED) is 0.460. The highest BCUT2D eigenvalue weighted by Gasteiger charge is 2.16. The molecule has 0 radical (unpaired) electrons. The van der Waals surface area contributed by atoms with Gasteiger partial charge in [0.2, 0.25) is 0 Å². The minimum absolute atomic E-state index is 0.139. The van der Waals surface area contributed by atoms with Crippen LogP contribution in [0.25, 0.3) is 0 Å². The maximum absolute atomic E-state index is 11.5. The summed E-state index contributed by atoms with van der Waals surface area (Å²) in [5.74, 6) is -1.06. The molecule has 1 amide bonds. The molecule has 0 spiro atoms. The standard InChI is InChI=1S/C13H16N2O5/c1-2-7-14-12(16)9-20-13(17)8-10-5-3-4-6-11(10)15(18)19/h3-6H,2,7-9H2,1H3,(H,14,16). The highest BCUT2D eigenvalue weighted by molar-refractivity contribution is 5.81. The summed E-state index contributed by atoms with van der Waals surface area (Å²) < 4.78 is 4.77. The number of hydrogen-bond donors (Lipinski definition) is 1. The van der Waals surface area contributed by atoms with Crippen LogP contribution >= 0.6 is 0 Å². The van der Waals surface area contributed by atoms with Crippen molar-refractivity contribution in [1.29, 1.82) is 0 Å². The van der Waals surface area contributed by atoms with Crippen molar-refractivity contribution in [2.45, 2.75) is 19.8 Å². The Morgan fingerprint density at radius 1 is 1.35 bits per heavy atom. The summed E-state index contributed by atoms with van der Waals surface area (Å²) in [7, 11) is 0. The number of amides is 1. The second-order valence-corrected chi connectivity index (χ2v) is 4.07. The van der Waals surface area contributed by atoms with E-state index < -0.39 is 10.9 Å². The van der Waals surface area contributed by atoms with E-state index in [-0.39, 0.29) is 30.2 Å². The first kappa shape index (κ1) is 15.6. The predicted octanol–water partition coefficient (Wildman–Crippen LogP) is 1.21. The van der Waals surface area contributed by atoms with Crippen molar-refractivity contribution in [3.63, 3.8) is 0 Å². The SMILES string of the molecule is CCCNC(=O)COC(=O)Cc1ccccc1[N+](=O)[O-]. The molecule has 0 bridgehead atoms. The summed E-state index contributed by atoms with van der Waals surface area (Å²) in [5.41, 5.74) is 0.122. The predicted molar refractivity (Wildman–Crippen MR) is 71.1 cm³/mol. The lowest BCUT2D eigenvalue weighted by Gasteiger charge is -2.06. The van der Waals surface area contributed by atoms with Gasteiger partial charge in [0.15, 0.2) is 6.61 Å². The maximum atomic E-state index is 11.5. The van der Waals surface area contributed by atoms with Gasteiger partial charge in [-0.25, -0.2) is 0 Å². The van der Waals surface area contributed by atoms with Gasteiger partial charge in [-0.05, 0) is 6.42 Å². The van der Waals surface area contributed by atoms with E-state index >= 15 is 0 Å². The summed E-state index contributed by atoms with van der Waals surface area (Å²) in [6, 6.07) is 5.92. The second kappa shape index (κ2) is 7.88. The van der Waals surface area contributed by atoms with E-state index in [1.54, 1.807) is 6.07 Å². The number of hydrogen-bond acceptors (Lipinski definition) is 5. The third kappa shape index (κ3) is 5.05. The molecule has 0 aliphatic rings. The number of nitrogens with zero attached hydrogens (tertiary/aromatic N) is 1. The van der Waals surface area contributed by atoms with Gasteiger partial charge in [-0.1, -0.05) is 25.1 Å². The summed E-state index contributed by atoms with van der Waals surface area (Å²) in [5, 5.41) is 13.3. The van der Waals surface area contributed by atoms with Crippen LogP contribution in [-0.4, -0.2) is 30.0 Å². The summed E-state index contributed by atoms with van der Waals surface area (Å²) in [6.07, 6.45) is 0.550. The number of benzene rings is 1. The fourth-order valence-electron chi connectivity index (χ4n) is 1.51. The number of esters is 1. The maximum Gasteiger partial charge on any atom is 0.311 e. The molecule has 7 heteroatoms. The molecule has 0 aliphatic heterocycles. The fourth-order valence-corrected chi connectivity index (χ4v) is 1.51. The molecule has 7 nitrogen and oxygen atoms in total. The van der Waals surface area contributed by atoms with E-state index in [1.807, 2.05) is 6.92 Å². The lowest BCUT2D eigenvalue weighted by atomic mass is 10.1. The molecule has 0 unspecified atom stereocenters. The topological polar surface area (TPSA) is 98.5 Å². The molecule has 1 rings (SSSR count). The molecule has 1 N–H and O–H groups in total. The minimum atomic E-state index is -0.675. The largest absolute Gasteiger partial charge is 0.455 e. The third-order valence-electron chi connectivity index (χ3n) is 2.46. The van der Waals surface area contributed by atoms with Gasteiger partial charge in [-0.15, -0.1) is 0 Å². The summed E-state index contributed by atoms with van der Waals surface area (Å²) in [6.45, 7) is 2.04. The highest BCUT2D eigenvalue weighted by Crippen LogP contribution is 2.18. The van der Waals surface area contributed by atoms with Gasteiger partial charge in [0, 0.05) is 18.2 Å². The molecule has 0 atom stereocenters. The van der Waals surface area contributed by atoms with Gasteiger partial charge in [0.05, 0.1) is 11.3 Å². The number of nitro benzene ring substituents is 1. The third-order valence-corrected chi connectivity index (χ3v) is 2.46. The molecule has 0 aromatic heterocycles. The average Bonchev–Trinajstić information content (AvgIpc) is 2.43. The molecular weight excluding hydrogens is 264 g/mol. The Bertz CT molecular complexity index is 501. The number of rotatable bonds is 7. The molecule has 20 heavy (non-hydrogen) atoms. The lowest BCUT2D eigenvalue weighted by molar-refractivity contribution is -0.385. The van der Waals surface area contributed by atoms with Gasteiger partial charge < -0.3 is 10.1 Å². The normalized spacial score (nSPS) is 9.85. The lowest BCUT2D eigenvalue weighted by Crippen LogP contribution is -2.29. The zero-order valence-electron chi connectivity index (χ0n) is 11.1. The van der Waals surface area contributed by atoms with E-state index in [0.29, 0.717) is 6.54 Å². The smallest absolute Gasteiger partial charge is 0.311 e. The van der Waals surface area contributed by atoms with E-state index in [0.717, 1.165) is 6.42 Å². The van der Waals surface area contributed by atoms with E-state index in [9.17, 15) is 19.7 Å². The van der Waals surface area contributed by atoms with Crippen molar-refractivity contribution < 1.29 is 19.2 Å². The van der Waals surface area contributed by atoms with E-state index in [2.05, 4.69) is 5.32 Å². The van der Waals surface area contributed by atoms with Crippen molar-refractivity contribution in [2.24, 2.45) is 0 Å². The van der Waals surface area contributed by atoms with Crippen LogP contribution in [0.2, 0.25) is 0 Å². The van der Waals surface area contributed by atoms with Crippen molar-refractivity contribution in [3.05, 3.63) is 39.9 Å². The summed E-state index contributed by atoms with van der Waals surface area (Å²) >= 11 is 0. The molecule has 0 aliphatic carbocycles. The molecule has 1 aromatic carbocycles. The molecule has 0 saturated heterocycles. The number of ether oxygens (including phenoxy) is 1. The minimum Gasteiger partial charge on any atom is -0.455 e. The monoisotopic (exact) mass is 280 g/mol. The van der Waals surface area contributed by atoms with Crippen molar-refractivity contribution in [2.75, 3.05) is 13.2 Å². The van der Waals surface area contributed by atoms with Crippen molar-refractivity contribution >= 4 is 17.6 Å². The van der Waals surface area contributed by atoms with Crippen LogP contribution < -0.4 is 5.32 Å². The van der Waals surface area contributed by atoms with Crippen molar-refractivity contribution in [1.82, 2.24) is 5.32 Å². The Labute approximate surface area is 116 Å². The Hall–Kier alpha value is -2.44. The van der Waals surface area contributed by atoms with E-state index in [4.69, 9.17) is 4.74 Å². The molecular formula is C13H16N2O5. The van der Waals surface area contributed by atoms with Crippen LogP contribution in [0.15, 0.2) is 24.3 Å². The van der Waals surface area contributed by atoms with Gasteiger partial charge in [0.1, 0.15) is 0 Å². The number of para-hydroxylation sites is 1. The second-order valence-electron chi connectivity index (χ2n) is 4.07. The number of carbonyl (C=O) groups is 2. The molecule has 0 heterocycles. The van der Waals surface area contributed by atoms with Gasteiger partial charge in [0.25, 0.3) is 11.6 Å². The zero-order chi connectivity index (χ0) is 15.0. The van der Waals surface area contributed by atoms with Crippen LogP contribution in [0.1, 0.15) is 18.9 Å². The number of nitro groups is 1. The fraction of sp³-hybridized carbons (Fsp3) is 0.385. The van der Waals surface area contributed by atoms with Crippen LogP contribution in [0, 0.1) is 10.1 Å². The molecule has 0 saturated carbocycles. The first-order valence-electron chi connectivity index (χ1n) is 6.19. The first-order valence-corrected chi connectivity index (χ1v) is 6.19. The van der Waals surface area contributed by atoms with Crippen molar-refractivity contribution in [3.8, 4) is 0 Å². The van der Waals surface area contributed by atoms with Crippen LogP contribution in [0.5, 0.6) is 0 Å². The Kier molecular flexibility index (Phi) is 6.15. The van der Waals surface area contributed by atoms with Gasteiger partial charge >= 0.3 is 5.97 Å². The van der Waals surface area contributed by atoms with Gasteiger partial charge in [-0.2, -0.15) is 0 Å². The molecule has 1 aromatic rings. The van der Waals surface area contributed by atoms with E-state index in [1.165, 1.54) is 18.2 Å². The average molecular weight is 280 g/mol. The van der Waals surface area contributed by atoms with Gasteiger partial charge in [-0.3, -0.25) is 19.7 Å². The summed E-state index contributed by atoms with van der Waals surface area (Å²) in [4.78, 5) is 33.0. The van der Waals surface area contributed by atoms with Crippen LogP contribution in [0.3, 0.4) is 0 Å². The molecule has 0 fully saturated rings. The highest BCUT2D eigenvalue weighted by atomic mass is 16.6. The first-order chi connectivity index (χ1) is 9.54. The van der Waals surface area contributed by atoms with Crippen LogP contribution in [-0.2, 0) is 20.7 Å².